The number of hydrogen-bond acceptors (Lipinski definition) is 7. The number of ether oxygens (including phenoxy) is 3. The molecule has 178 valence electrons. The van der Waals surface area contributed by atoms with E-state index in [2.05, 4.69) is 4.98 Å². The average molecular weight is 490 g/mol. The van der Waals surface area contributed by atoms with Crippen LogP contribution < -0.4 is 19.8 Å². The summed E-state index contributed by atoms with van der Waals surface area (Å²) >= 11 is 5.53. The summed E-state index contributed by atoms with van der Waals surface area (Å²) in [7, 11) is 3.48. The fourth-order valence-electron chi connectivity index (χ4n) is 5.21. The van der Waals surface area contributed by atoms with E-state index in [1.54, 1.807) is 7.11 Å². The molecule has 0 spiro atoms. The van der Waals surface area contributed by atoms with E-state index in [1.807, 2.05) is 60.5 Å². The Morgan fingerprint density at radius 1 is 1.14 bits per heavy atom. The standard InChI is InChI=1S/C26H23N3O5S/c1-28-11-10-15-12-18-22(34-13-33-18)23(32-2)19(15)21(28)20-24(30)27-26(35)29(25(20)31)17-9-5-7-14-6-3-4-8-16(14)17/h3-9,12,21,31H,10-11,13H2,1-2H3,(H,27,30,35)/t21-/m1/s1. The summed E-state index contributed by atoms with van der Waals surface area (Å²) in [6, 6.07) is 14.9. The lowest BCUT2D eigenvalue weighted by Crippen LogP contribution is -2.37. The van der Waals surface area contributed by atoms with E-state index in [1.165, 1.54) is 4.57 Å². The lowest BCUT2D eigenvalue weighted by Gasteiger charge is -2.36. The van der Waals surface area contributed by atoms with Gasteiger partial charge in [-0.15, -0.1) is 0 Å². The van der Waals surface area contributed by atoms with E-state index in [0.29, 0.717) is 29.5 Å². The topological polar surface area (TPSA) is 89.0 Å². The molecule has 35 heavy (non-hydrogen) atoms. The zero-order valence-corrected chi connectivity index (χ0v) is 20.0. The second kappa shape index (κ2) is 8.14. The monoisotopic (exact) mass is 489 g/mol. The van der Waals surface area contributed by atoms with Crippen LogP contribution in [-0.4, -0.2) is 47.1 Å². The summed E-state index contributed by atoms with van der Waals surface area (Å²) in [5, 5.41) is 13.6. The van der Waals surface area contributed by atoms with E-state index in [0.717, 1.165) is 28.3 Å². The van der Waals surface area contributed by atoms with Gasteiger partial charge >= 0.3 is 0 Å². The number of nitrogens with zero attached hydrogens (tertiary/aromatic N) is 2. The van der Waals surface area contributed by atoms with Gasteiger partial charge in [0, 0.05) is 17.5 Å². The summed E-state index contributed by atoms with van der Waals surface area (Å²) in [4.78, 5) is 18.2. The van der Waals surface area contributed by atoms with Gasteiger partial charge < -0.3 is 19.3 Å². The number of hydrogen-bond donors (Lipinski definition) is 2. The van der Waals surface area contributed by atoms with Gasteiger partial charge in [0.25, 0.3) is 5.56 Å². The van der Waals surface area contributed by atoms with Gasteiger partial charge in [-0.05, 0) is 48.8 Å². The number of aromatic nitrogens is 2. The molecule has 4 aromatic rings. The average Bonchev–Trinajstić information content (AvgIpc) is 3.32. The van der Waals surface area contributed by atoms with Crippen molar-refractivity contribution in [1.82, 2.24) is 14.5 Å². The van der Waals surface area contributed by atoms with Crippen LogP contribution in [0.25, 0.3) is 16.5 Å². The molecule has 3 aromatic carbocycles. The van der Waals surface area contributed by atoms with Crippen molar-refractivity contribution in [2.24, 2.45) is 0 Å². The van der Waals surface area contributed by atoms with Crippen molar-refractivity contribution < 1.29 is 19.3 Å². The number of aromatic amines is 1. The number of H-pyrrole nitrogens is 1. The Balaban J connectivity index is 1.65. The van der Waals surface area contributed by atoms with Gasteiger partial charge in [0.05, 0.1) is 24.4 Å². The molecule has 0 radical (unpaired) electrons. The highest BCUT2D eigenvalue weighted by Crippen LogP contribution is 2.51. The molecule has 2 aliphatic rings. The maximum Gasteiger partial charge on any atom is 0.260 e. The second-order valence-corrected chi connectivity index (χ2v) is 9.07. The van der Waals surface area contributed by atoms with Crippen molar-refractivity contribution >= 4 is 23.0 Å². The lowest BCUT2D eigenvalue weighted by molar-refractivity contribution is 0.170. The third kappa shape index (κ3) is 3.23. The molecule has 0 saturated carbocycles. The maximum atomic E-state index is 13.4. The molecule has 0 unspecified atom stereocenters. The number of methoxy groups -OCH3 is 1. The van der Waals surface area contributed by atoms with Crippen LogP contribution in [0, 0.1) is 4.77 Å². The molecule has 0 aliphatic carbocycles. The molecule has 1 aromatic heterocycles. The highest BCUT2D eigenvalue weighted by Gasteiger charge is 2.38. The van der Waals surface area contributed by atoms with Gasteiger partial charge in [-0.1, -0.05) is 36.4 Å². The molecular weight excluding hydrogens is 466 g/mol. The Bertz CT molecular complexity index is 1600. The molecule has 3 heterocycles. The molecule has 0 fully saturated rings. The van der Waals surface area contributed by atoms with Crippen molar-refractivity contribution in [2.45, 2.75) is 12.5 Å². The molecule has 2 N–H and O–H groups in total. The van der Waals surface area contributed by atoms with Gasteiger partial charge in [0.2, 0.25) is 18.4 Å². The highest BCUT2D eigenvalue weighted by molar-refractivity contribution is 7.71. The smallest absolute Gasteiger partial charge is 0.260 e. The van der Waals surface area contributed by atoms with Crippen molar-refractivity contribution in [1.29, 1.82) is 0 Å². The molecule has 9 heteroatoms. The minimum atomic E-state index is -0.594. The summed E-state index contributed by atoms with van der Waals surface area (Å²) < 4.78 is 18.7. The minimum Gasteiger partial charge on any atom is -0.494 e. The van der Waals surface area contributed by atoms with E-state index in [-0.39, 0.29) is 23.0 Å². The van der Waals surface area contributed by atoms with Crippen LogP contribution in [0.1, 0.15) is 22.7 Å². The Labute approximate surface area is 205 Å². The van der Waals surface area contributed by atoms with Crippen molar-refractivity contribution in [3.8, 4) is 28.8 Å². The SMILES string of the molecule is COc1c2c(cc3c1[C@H](c1c(O)n(-c4cccc5ccccc45)c(=S)[nH]c1=O)N(C)CC3)OCO2. The van der Waals surface area contributed by atoms with Gasteiger partial charge in [-0.25, -0.2) is 0 Å². The van der Waals surface area contributed by atoms with Crippen LogP contribution in [-0.2, 0) is 6.42 Å². The first-order valence-electron chi connectivity index (χ1n) is 11.3. The third-order valence-electron chi connectivity index (χ3n) is 6.80. The zero-order chi connectivity index (χ0) is 24.3. The number of likely N-dealkylation sites (N-methyl/N-ethyl adjacent to an activating group) is 1. The first kappa shape index (κ1) is 21.7. The Morgan fingerprint density at radius 3 is 2.77 bits per heavy atom. The van der Waals surface area contributed by atoms with Crippen molar-refractivity contribution in [3.63, 3.8) is 0 Å². The number of fused-ring (bicyclic) bond motifs is 3. The van der Waals surface area contributed by atoms with Gasteiger partial charge in [-0.2, -0.15) is 0 Å². The Hall–Kier alpha value is -3.82. The fourth-order valence-corrected chi connectivity index (χ4v) is 5.49. The number of benzene rings is 3. The summed E-state index contributed by atoms with van der Waals surface area (Å²) in [5.41, 5.74) is 2.17. The van der Waals surface area contributed by atoms with E-state index in [4.69, 9.17) is 26.4 Å². The highest BCUT2D eigenvalue weighted by atomic mass is 32.1. The predicted molar refractivity (Wildman–Crippen MR) is 134 cm³/mol. The van der Waals surface area contributed by atoms with E-state index in [9.17, 15) is 9.90 Å². The summed E-state index contributed by atoms with van der Waals surface area (Å²) in [6.07, 6.45) is 0.733. The lowest BCUT2D eigenvalue weighted by atomic mass is 9.87. The molecule has 1 atom stereocenters. The number of nitrogens with one attached hydrogen (secondary N) is 1. The third-order valence-corrected chi connectivity index (χ3v) is 7.08. The molecular formula is C26H23N3O5S. The Kier molecular flexibility index (Phi) is 5.05. The fraction of sp³-hybridized carbons (Fsp3) is 0.231. The molecule has 2 aliphatic heterocycles. The zero-order valence-electron chi connectivity index (χ0n) is 19.2. The molecule has 0 amide bonds. The largest absolute Gasteiger partial charge is 0.494 e. The first-order chi connectivity index (χ1) is 17.0. The number of rotatable bonds is 3. The number of aromatic hydroxyl groups is 1. The minimum absolute atomic E-state index is 0.104. The van der Waals surface area contributed by atoms with E-state index < -0.39 is 11.6 Å². The second-order valence-electron chi connectivity index (χ2n) is 8.68. The van der Waals surface area contributed by atoms with E-state index >= 15 is 0 Å². The van der Waals surface area contributed by atoms with Crippen molar-refractivity contribution in [3.05, 3.63) is 80.3 Å². The summed E-state index contributed by atoms with van der Waals surface area (Å²) in [5.74, 6) is 1.42. The van der Waals surface area contributed by atoms with Crippen LogP contribution in [0.15, 0.2) is 53.3 Å². The van der Waals surface area contributed by atoms with Gasteiger partial charge in [0.15, 0.2) is 16.3 Å². The molecule has 0 saturated heterocycles. The quantitative estimate of drug-likeness (QED) is 0.420. The van der Waals surface area contributed by atoms with Crippen LogP contribution in [0.4, 0.5) is 0 Å². The maximum absolute atomic E-state index is 13.4. The van der Waals surface area contributed by atoms with Crippen LogP contribution in [0.3, 0.4) is 0 Å². The van der Waals surface area contributed by atoms with Crippen LogP contribution in [0.2, 0.25) is 0 Å². The van der Waals surface area contributed by atoms with Crippen molar-refractivity contribution in [2.75, 3.05) is 27.5 Å². The summed E-state index contributed by atoms with van der Waals surface area (Å²) in [6.45, 7) is 0.774. The first-order valence-corrected chi connectivity index (χ1v) is 11.7. The Morgan fingerprint density at radius 2 is 1.94 bits per heavy atom. The van der Waals surface area contributed by atoms with Crippen LogP contribution in [0.5, 0.6) is 23.1 Å². The normalized spacial score (nSPS) is 16.9. The molecule has 8 nitrogen and oxygen atoms in total. The van der Waals surface area contributed by atoms with Gasteiger partial charge in [-0.3, -0.25) is 19.2 Å². The van der Waals surface area contributed by atoms with Gasteiger partial charge in [0.1, 0.15) is 0 Å². The predicted octanol–water partition coefficient (Wildman–Crippen LogP) is 4.07. The molecule has 6 rings (SSSR count). The van der Waals surface area contributed by atoms with Crippen LogP contribution >= 0.6 is 12.2 Å². The molecule has 0 bridgehead atoms.